The summed E-state index contributed by atoms with van der Waals surface area (Å²) in [5.41, 5.74) is 5.85. The first kappa shape index (κ1) is 12.5. The van der Waals surface area contributed by atoms with Crippen molar-refractivity contribution < 1.29 is 9.53 Å². The fourth-order valence-electron chi connectivity index (χ4n) is 1.96. The molecule has 1 amide bonds. The average molecular weight is 214 g/mol. The summed E-state index contributed by atoms with van der Waals surface area (Å²) in [6, 6.07) is -0.0571. The number of carbonyl (C=O) groups excluding carboxylic acids is 1. The van der Waals surface area contributed by atoms with Crippen molar-refractivity contribution in [2.75, 3.05) is 26.8 Å². The first-order valence-electron chi connectivity index (χ1n) is 5.76. The molecule has 88 valence electrons. The number of ether oxygens (including phenoxy) is 1. The molecule has 1 fully saturated rings. The molecule has 1 atom stereocenters. The fraction of sp³-hybridized carbons (Fsp3) is 0.909. The molecule has 0 spiro atoms. The van der Waals surface area contributed by atoms with E-state index in [1.165, 1.54) is 12.8 Å². The molecule has 4 nitrogen and oxygen atoms in total. The molecule has 0 bridgehead atoms. The third-order valence-electron chi connectivity index (χ3n) is 2.76. The zero-order valence-corrected chi connectivity index (χ0v) is 9.58. The molecule has 1 saturated heterocycles. The quantitative estimate of drug-likeness (QED) is 0.751. The summed E-state index contributed by atoms with van der Waals surface area (Å²) >= 11 is 0. The highest BCUT2D eigenvalue weighted by molar-refractivity contribution is 5.76. The molecule has 0 aromatic carbocycles. The van der Waals surface area contributed by atoms with Crippen molar-refractivity contribution in [1.82, 2.24) is 4.90 Å². The van der Waals surface area contributed by atoms with E-state index in [0.29, 0.717) is 19.6 Å². The predicted octanol–water partition coefficient (Wildman–Crippen LogP) is 0.753. The Morgan fingerprint density at radius 3 is 2.87 bits per heavy atom. The number of hydrogen-bond donors (Lipinski definition) is 1. The molecule has 0 aliphatic carbocycles. The van der Waals surface area contributed by atoms with E-state index < -0.39 is 0 Å². The van der Waals surface area contributed by atoms with Crippen LogP contribution in [-0.2, 0) is 9.53 Å². The van der Waals surface area contributed by atoms with Gasteiger partial charge in [-0.05, 0) is 12.8 Å². The Balaban J connectivity index is 2.38. The minimum Gasteiger partial charge on any atom is -0.383 e. The monoisotopic (exact) mass is 214 g/mol. The van der Waals surface area contributed by atoms with Crippen molar-refractivity contribution in [2.24, 2.45) is 5.73 Å². The van der Waals surface area contributed by atoms with Crippen LogP contribution in [0.2, 0.25) is 0 Å². The smallest absolute Gasteiger partial charge is 0.222 e. The lowest BCUT2D eigenvalue weighted by Gasteiger charge is -2.27. The number of hydrogen-bond acceptors (Lipinski definition) is 3. The predicted molar refractivity (Wildman–Crippen MR) is 59.5 cm³/mol. The van der Waals surface area contributed by atoms with Crippen LogP contribution in [0.1, 0.15) is 32.1 Å². The van der Waals surface area contributed by atoms with Gasteiger partial charge in [0.25, 0.3) is 0 Å². The van der Waals surface area contributed by atoms with Crippen LogP contribution in [0, 0.1) is 0 Å². The highest BCUT2D eigenvalue weighted by Crippen LogP contribution is 2.11. The second-order valence-electron chi connectivity index (χ2n) is 4.22. The Hall–Kier alpha value is -0.610. The first-order valence-corrected chi connectivity index (χ1v) is 5.76. The number of methoxy groups -OCH3 is 1. The maximum Gasteiger partial charge on any atom is 0.222 e. The number of nitrogens with zero attached hydrogens (tertiary/aromatic N) is 1. The van der Waals surface area contributed by atoms with Crippen molar-refractivity contribution in [3.8, 4) is 0 Å². The molecule has 1 heterocycles. The van der Waals surface area contributed by atoms with Crippen LogP contribution < -0.4 is 5.73 Å². The topological polar surface area (TPSA) is 55.6 Å². The van der Waals surface area contributed by atoms with Crippen LogP contribution in [0.3, 0.4) is 0 Å². The highest BCUT2D eigenvalue weighted by atomic mass is 16.5. The van der Waals surface area contributed by atoms with E-state index in [2.05, 4.69) is 0 Å². The van der Waals surface area contributed by atoms with Gasteiger partial charge in [0.15, 0.2) is 0 Å². The van der Waals surface area contributed by atoms with Crippen molar-refractivity contribution in [1.29, 1.82) is 0 Å². The largest absolute Gasteiger partial charge is 0.383 e. The van der Waals surface area contributed by atoms with Crippen molar-refractivity contribution >= 4 is 5.91 Å². The molecule has 1 unspecified atom stereocenters. The SMILES string of the molecule is COCC(N)CN1CCCCCCC1=O. The maximum absolute atomic E-state index is 11.7. The molecular weight excluding hydrogens is 192 g/mol. The molecule has 0 aromatic rings. The van der Waals surface area contributed by atoms with Crippen molar-refractivity contribution in [3.05, 3.63) is 0 Å². The first-order chi connectivity index (χ1) is 7.24. The summed E-state index contributed by atoms with van der Waals surface area (Å²) in [5.74, 6) is 0.251. The van der Waals surface area contributed by atoms with Crippen LogP contribution in [-0.4, -0.2) is 43.7 Å². The van der Waals surface area contributed by atoms with Crippen LogP contribution in [0.5, 0.6) is 0 Å². The zero-order chi connectivity index (χ0) is 11.1. The molecule has 1 rings (SSSR count). The van der Waals surface area contributed by atoms with E-state index in [1.54, 1.807) is 7.11 Å². The molecule has 0 radical (unpaired) electrons. The lowest BCUT2D eigenvalue weighted by molar-refractivity contribution is -0.132. The molecule has 2 N–H and O–H groups in total. The van der Waals surface area contributed by atoms with Gasteiger partial charge in [0.1, 0.15) is 0 Å². The summed E-state index contributed by atoms with van der Waals surface area (Å²) in [7, 11) is 1.63. The second-order valence-corrected chi connectivity index (χ2v) is 4.22. The van der Waals surface area contributed by atoms with Gasteiger partial charge < -0.3 is 15.4 Å². The lowest BCUT2D eigenvalue weighted by atomic mass is 10.1. The van der Waals surface area contributed by atoms with E-state index in [4.69, 9.17) is 10.5 Å². The van der Waals surface area contributed by atoms with E-state index in [1.807, 2.05) is 4.90 Å². The minimum atomic E-state index is -0.0571. The van der Waals surface area contributed by atoms with Gasteiger partial charge >= 0.3 is 0 Å². The third kappa shape index (κ3) is 4.62. The summed E-state index contributed by atoms with van der Waals surface area (Å²) in [6.07, 6.45) is 5.22. The van der Waals surface area contributed by atoms with Crippen molar-refractivity contribution in [2.45, 2.75) is 38.1 Å². The van der Waals surface area contributed by atoms with Gasteiger partial charge in [0.2, 0.25) is 5.91 Å². The van der Waals surface area contributed by atoms with Crippen LogP contribution in [0.25, 0.3) is 0 Å². The van der Waals surface area contributed by atoms with Gasteiger partial charge in [-0.2, -0.15) is 0 Å². The normalized spacial score (nSPS) is 20.9. The van der Waals surface area contributed by atoms with E-state index in [9.17, 15) is 4.79 Å². The van der Waals surface area contributed by atoms with Crippen LogP contribution >= 0.6 is 0 Å². The van der Waals surface area contributed by atoms with Gasteiger partial charge in [0, 0.05) is 32.7 Å². The number of likely N-dealkylation sites (tertiary alicyclic amines) is 1. The molecular formula is C11H22N2O2. The van der Waals surface area contributed by atoms with Gasteiger partial charge in [-0.3, -0.25) is 4.79 Å². The Morgan fingerprint density at radius 1 is 1.40 bits per heavy atom. The standard InChI is InChI=1S/C11H22N2O2/c1-15-9-10(12)8-13-7-5-3-2-4-6-11(13)14/h10H,2-9,12H2,1H3. The number of nitrogens with two attached hydrogens (primary N) is 1. The van der Waals surface area contributed by atoms with Crippen molar-refractivity contribution in [3.63, 3.8) is 0 Å². The number of carbonyl (C=O) groups is 1. The van der Waals surface area contributed by atoms with Gasteiger partial charge in [-0.1, -0.05) is 12.8 Å². The minimum absolute atomic E-state index is 0.0571. The Kier molecular flexibility index (Phi) is 5.65. The molecule has 0 saturated carbocycles. The highest BCUT2D eigenvalue weighted by Gasteiger charge is 2.17. The summed E-state index contributed by atoms with van der Waals surface area (Å²) in [6.45, 7) is 2.01. The Morgan fingerprint density at radius 2 is 2.13 bits per heavy atom. The third-order valence-corrected chi connectivity index (χ3v) is 2.76. The molecule has 1 aliphatic rings. The number of rotatable bonds is 4. The number of amides is 1. The molecule has 4 heteroatoms. The lowest BCUT2D eigenvalue weighted by Crippen LogP contribution is -2.44. The fourth-order valence-corrected chi connectivity index (χ4v) is 1.96. The van der Waals surface area contributed by atoms with E-state index in [-0.39, 0.29) is 11.9 Å². The molecule has 0 aromatic heterocycles. The zero-order valence-electron chi connectivity index (χ0n) is 9.58. The summed E-state index contributed by atoms with van der Waals surface area (Å²) in [5, 5.41) is 0. The Bertz CT molecular complexity index is 197. The van der Waals surface area contributed by atoms with Gasteiger partial charge in [0.05, 0.1) is 6.61 Å². The van der Waals surface area contributed by atoms with Gasteiger partial charge in [-0.25, -0.2) is 0 Å². The van der Waals surface area contributed by atoms with Crippen LogP contribution in [0.15, 0.2) is 0 Å². The average Bonchev–Trinajstić information content (AvgIpc) is 2.18. The van der Waals surface area contributed by atoms with E-state index >= 15 is 0 Å². The summed E-state index contributed by atoms with van der Waals surface area (Å²) < 4.78 is 4.97. The molecule has 1 aliphatic heterocycles. The maximum atomic E-state index is 11.7. The van der Waals surface area contributed by atoms with E-state index in [0.717, 1.165) is 19.4 Å². The summed E-state index contributed by atoms with van der Waals surface area (Å²) in [4.78, 5) is 13.6. The second kappa shape index (κ2) is 6.80. The van der Waals surface area contributed by atoms with Crippen LogP contribution in [0.4, 0.5) is 0 Å². The molecule has 15 heavy (non-hydrogen) atoms. The van der Waals surface area contributed by atoms with Gasteiger partial charge in [-0.15, -0.1) is 0 Å². The Labute approximate surface area is 91.8 Å².